The third-order valence-corrected chi connectivity index (χ3v) is 6.01. The maximum atomic E-state index is 6.27. The zero-order valence-electron chi connectivity index (χ0n) is 18.1. The van der Waals surface area contributed by atoms with Crippen molar-refractivity contribution in [2.24, 2.45) is 0 Å². The van der Waals surface area contributed by atoms with E-state index in [1.807, 2.05) is 22.9 Å². The second-order valence-electron chi connectivity index (χ2n) is 7.97. The van der Waals surface area contributed by atoms with Gasteiger partial charge in [-0.25, -0.2) is 14.6 Å². The number of aromatic nitrogens is 4. The molecule has 0 unspecified atom stereocenters. The Bertz CT molecular complexity index is 1210. The summed E-state index contributed by atoms with van der Waals surface area (Å²) in [4.78, 5) is 8.75. The lowest BCUT2D eigenvalue weighted by molar-refractivity contribution is 0.350. The second-order valence-corrected chi connectivity index (χ2v) is 7.97. The number of rotatable bonds is 6. The summed E-state index contributed by atoms with van der Waals surface area (Å²) in [7, 11) is 1.69. The fourth-order valence-corrected chi connectivity index (χ4v) is 4.30. The van der Waals surface area contributed by atoms with Crippen LogP contribution in [0.1, 0.15) is 24.4 Å². The van der Waals surface area contributed by atoms with Gasteiger partial charge in [0.25, 0.3) is 0 Å². The molecule has 0 aliphatic carbocycles. The minimum absolute atomic E-state index is 0.309. The first-order valence-electron chi connectivity index (χ1n) is 10.9. The molecule has 4 N–H and O–H groups in total. The molecule has 0 bridgehead atoms. The van der Waals surface area contributed by atoms with Crippen LogP contribution in [-0.2, 0) is 6.54 Å². The van der Waals surface area contributed by atoms with Crippen molar-refractivity contribution in [3.63, 3.8) is 0 Å². The fraction of sp³-hybridized carbons (Fsp3) is 0.292. The summed E-state index contributed by atoms with van der Waals surface area (Å²) in [6, 6.07) is 16.6. The number of nitrogens with zero attached hydrogens (tertiary/aromatic N) is 4. The van der Waals surface area contributed by atoms with Crippen LogP contribution < -0.4 is 21.1 Å². The van der Waals surface area contributed by atoms with Crippen molar-refractivity contribution >= 4 is 22.5 Å². The summed E-state index contributed by atoms with van der Waals surface area (Å²) >= 11 is 0. The molecule has 8 heteroatoms. The number of nitrogens with one attached hydrogen (secondary N) is 2. The molecular weight excluding hydrogens is 402 g/mol. The Morgan fingerprint density at radius 1 is 1.09 bits per heavy atom. The number of piperidine rings is 1. The topological polar surface area (TPSA) is 103 Å². The van der Waals surface area contributed by atoms with Gasteiger partial charge in [0.2, 0.25) is 0 Å². The van der Waals surface area contributed by atoms with E-state index < -0.39 is 0 Å². The number of benzene rings is 2. The van der Waals surface area contributed by atoms with E-state index >= 15 is 0 Å². The van der Waals surface area contributed by atoms with Crippen LogP contribution in [0.25, 0.3) is 22.3 Å². The van der Waals surface area contributed by atoms with Gasteiger partial charge in [-0.1, -0.05) is 30.3 Å². The molecule has 32 heavy (non-hydrogen) atoms. The van der Waals surface area contributed by atoms with Gasteiger partial charge in [-0.15, -0.1) is 0 Å². The lowest BCUT2D eigenvalue weighted by atomic mass is 10.1. The molecule has 0 amide bonds. The molecular formula is C24H27N7O. The molecule has 0 spiro atoms. The average molecular weight is 430 g/mol. The van der Waals surface area contributed by atoms with Gasteiger partial charge in [-0.3, -0.25) is 0 Å². The van der Waals surface area contributed by atoms with Crippen LogP contribution in [0.5, 0.6) is 5.75 Å². The summed E-state index contributed by atoms with van der Waals surface area (Å²) in [6.45, 7) is 2.64. The van der Waals surface area contributed by atoms with E-state index in [-0.39, 0.29) is 0 Å². The number of hydrogen-bond acceptors (Lipinski definition) is 7. The van der Waals surface area contributed by atoms with Gasteiger partial charge >= 0.3 is 0 Å². The lowest BCUT2D eigenvalue weighted by Gasteiger charge is -2.23. The fourth-order valence-electron chi connectivity index (χ4n) is 4.30. The zero-order valence-corrected chi connectivity index (χ0v) is 18.1. The van der Waals surface area contributed by atoms with Crippen molar-refractivity contribution < 1.29 is 4.74 Å². The van der Waals surface area contributed by atoms with Crippen LogP contribution in [-0.4, -0.2) is 39.9 Å². The minimum atomic E-state index is 0.309. The van der Waals surface area contributed by atoms with Crippen LogP contribution in [0.2, 0.25) is 0 Å². The first-order chi connectivity index (χ1) is 15.7. The summed E-state index contributed by atoms with van der Waals surface area (Å²) in [6.07, 6.45) is 3.56. The predicted octanol–water partition coefficient (Wildman–Crippen LogP) is 3.62. The Kier molecular flexibility index (Phi) is 5.60. The molecule has 1 aliphatic heterocycles. The number of anilines is 2. The smallest absolute Gasteiger partial charge is 0.164 e. The predicted molar refractivity (Wildman–Crippen MR) is 127 cm³/mol. The monoisotopic (exact) mass is 429 g/mol. The van der Waals surface area contributed by atoms with Crippen LogP contribution in [0.3, 0.4) is 0 Å². The first kappa shape index (κ1) is 20.3. The summed E-state index contributed by atoms with van der Waals surface area (Å²) in [5.41, 5.74) is 11.0. The van der Waals surface area contributed by atoms with Crippen LogP contribution in [0.15, 0.2) is 54.9 Å². The molecule has 1 saturated heterocycles. The van der Waals surface area contributed by atoms with Gasteiger partial charge in [0, 0.05) is 23.4 Å². The number of para-hydroxylation sites is 1. The molecule has 164 valence electrons. The number of methoxy groups -OCH3 is 1. The highest BCUT2D eigenvalue weighted by Crippen LogP contribution is 2.34. The summed E-state index contributed by atoms with van der Waals surface area (Å²) in [5.74, 6) is 1.34. The van der Waals surface area contributed by atoms with E-state index in [1.165, 1.54) is 6.33 Å². The summed E-state index contributed by atoms with van der Waals surface area (Å²) < 4.78 is 7.48. The Morgan fingerprint density at radius 3 is 2.66 bits per heavy atom. The maximum Gasteiger partial charge on any atom is 0.164 e. The molecule has 0 atom stereocenters. The number of nitrogen functional groups attached to an aromatic ring is 1. The minimum Gasteiger partial charge on any atom is -0.496 e. The first-order valence-corrected chi connectivity index (χ1v) is 10.9. The number of nitrogens with two attached hydrogens (primary N) is 1. The molecule has 8 nitrogen and oxygen atoms in total. The Hall–Kier alpha value is -3.65. The van der Waals surface area contributed by atoms with Crippen molar-refractivity contribution in [1.29, 1.82) is 0 Å². The van der Waals surface area contributed by atoms with Gasteiger partial charge in [-0.05, 0) is 44.1 Å². The second kappa shape index (κ2) is 8.84. The molecule has 0 radical (unpaired) electrons. The van der Waals surface area contributed by atoms with Gasteiger partial charge in [-0.2, -0.15) is 5.10 Å². The molecule has 3 heterocycles. The van der Waals surface area contributed by atoms with E-state index in [1.54, 1.807) is 7.11 Å². The molecule has 2 aromatic heterocycles. The quantitative estimate of drug-likeness (QED) is 0.430. The summed E-state index contributed by atoms with van der Waals surface area (Å²) in [5, 5.41) is 12.6. The molecule has 5 rings (SSSR count). The van der Waals surface area contributed by atoms with E-state index in [0.29, 0.717) is 18.4 Å². The van der Waals surface area contributed by atoms with Crippen molar-refractivity contribution in [2.75, 3.05) is 31.2 Å². The number of ether oxygens (including phenoxy) is 1. The van der Waals surface area contributed by atoms with Crippen molar-refractivity contribution in [3.8, 4) is 17.0 Å². The molecule has 2 aromatic carbocycles. The van der Waals surface area contributed by atoms with Crippen molar-refractivity contribution in [1.82, 2.24) is 25.1 Å². The average Bonchev–Trinajstić information content (AvgIpc) is 3.25. The lowest BCUT2D eigenvalue weighted by Crippen LogP contribution is -2.30. The van der Waals surface area contributed by atoms with E-state index in [9.17, 15) is 0 Å². The zero-order chi connectivity index (χ0) is 21.9. The van der Waals surface area contributed by atoms with Crippen molar-refractivity contribution in [3.05, 3.63) is 60.4 Å². The Morgan fingerprint density at radius 2 is 1.88 bits per heavy atom. The Balaban J connectivity index is 1.43. The highest BCUT2D eigenvalue weighted by Gasteiger charge is 2.23. The van der Waals surface area contributed by atoms with Crippen LogP contribution in [0.4, 0.5) is 11.5 Å². The molecule has 4 aromatic rings. The largest absolute Gasteiger partial charge is 0.496 e. The van der Waals surface area contributed by atoms with Gasteiger partial charge < -0.3 is 21.1 Å². The molecule has 0 saturated carbocycles. The highest BCUT2D eigenvalue weighted by atomic mass is 16.5. The highest BCUT2D eigenvalue weighted by molar-refractivity contribution is 5.98. The molecule has 1 aliphatic rings. The standard InChI is InChI=1S/C24H27N7O/c1-32-20-5-3-2-4-17(20)14-27-18-8-6-16(7-9-18)22-21-23(25)28-15-29-24(21)31(30-22)19-10-12-26-13-11-19/h2-9,15,19,26-27H,10-14H2,1H3,(H2,25,28,29). The Labute approximate surface area is 186 Å². The van der Waals surface area contributed by atoms with E-state index in [0.717, 1.165) is 65.2 Å². The SMILES string of the molecule is COc1ccccc1CNc1ccc(-c2nn(C3CCNCC3)c3ncnc(N)c23)cc1. The van der Waals surface area contributed by atoms with Gasteiger partial charge in [0.15, 0.2) is 5.65 Å². The third kappa shape index (κ3) is 3.85. The van der Waals surface area contributed by atoms with Gasteiger partial charge in [0.1, 0.15) is 23.6 Å². The maximum absolute atomic E-state index is 6.27. The van der Waals surface area contributed by atoms with Crippen molar-refractivity contribution in [2.45, 2.75) is 25.4 Å². The van der Waals surface area contributed by atoms with Gasteiger partial charge in [0.05, 0.1) is 18.5 Å². The van der Waals surface area contributed by atoms with E-state index in [2.05, 4.69) is 50.9 Å². The third-order valence-electron chi connectivity index (χ3n) is 6.01. The molecule has 1 fully saturated rings. The van der Waals surface area contributed by atoms with E-state index in [4.69, 9.17) is 15.6 Å². The number of hydrogen-bond donors (Lipinski definition) is 3. The number of fused-ring (bicyclic) bond motifs is 1. The normalized spacial score (nSPS) is 14.5. The van der Waals surface area contributed by atoms with Crippen LogP contribution >= 0.6 is 0 Å². The van der Waals surface area contributed by atoms with Crippen LogP contribution in [0, 0.1) is 0 Å².